The highest BCUT2D eigenvalue weighted by Crippen LogP contribution is 2.09. The summed E-state index contributed by atoms with van der Waals surface area (Å²) in [5.41, 5.74) is 0.860. The second kappa shape index (κ2) is 5.51. The van der Waals surface area contributed by atoms with Gasteiger partial charge in [-0.1, -0.05) is 19.8 Å². The molecule has 0 saturated heterocycles. The molecule has 1 aromatic rings. The number of nitrogens with zero attached hydrogens (tertiary/aromatic N) is 2. The van der Waals surface area contributed by atoms with Crippen molar-refractivity contribution in [1.29, 1.82) is 0 Å². The highest BCUT2D eigenvalue weighted by molar-refractivity contribution is 5.14. The van der Waals surface area contributed by atoms with Crippen LogP contribution in [0.3, 0.4) is 0 Å². The van der Waals surface area contributed by atoms with Crippen LogP contribution in [0.15, 0.2) is 12.4 Å². The smallest absolute Gasteiger partial charge is 0.235 e. The van der Waals surface area contributed by atoms with E-state index in [2.05, 4.69) is 16.9 Å². The van der Waals surface area contributed by atoms with Gasteiger partial charge < -0.3 is 4.74 Å². The van der Waals surface area contributed by atoms with Crippen LogP contribution < -0.4 is 4.74 Å². The van der Waals surface area contributed by atoms with Crippen LogP contribution in [0.5, 0.6) is 5.88 Å². The van der Waals surface area contributed by atoms with E-state index in [1.807, 2.05) is 6.92 Å². The monoisotopic (exact) mass is 180 g/mol. The molecule has 0 N–H and O–H groups in total. The zero-order valence-corrected chi connectivity index (χ0v) is 8.29. The molecule has 3 heteroatoms. The van der Waals surface area contributed by atoms with Crippen LogP contribution in [0.1, 0.15) is 31.9 Å². The van der Waals surface area contributed by atoms with Gasteiger partial charge in [-0.3, -0.25) is 4.98 Å². The average molecular weight is 180 g/mol. The topological polar surface area (TPSA) is 35.0 Å². The van der Waals surface area contributed by atoms with Crippen molar-refractivity contribution >= 4 is 0 Å². The summed E-state index contributed by atoms with van der Waals surface area (Å²) in [5.74, 6) is 0.665. The maximum Gasteiger partial charge on any atom is 0.235 e. The van der Waals surface area contributed by atoms with E-state index in [4.69, 9.17) is 4.74 Å². The van der Waals surface area contributed by atoms with Crippen molar-refractivity contribution in [3.8, 4) is 5.88 Å². The van der Waals surface area contributed by atoms with E-state index in [9.17, 15) is 0 Å². The summed E-state index contributed by atoms with van der Waals surface area (Å²) in [4.78, 5) is 8.18. The lowest BCUT2D eigenvalue weighted by molar-refractivity contribution is 0.291. The first-order valence-corrected chi connectivity index (χ1v) is 4.75. The first-order chi connectivity index (χ1) is 6.34. The molecule has 0 radical (unpaired) electrons. The number of hydrogen-bond acceptors (Lipinski definition) is 3. The summed E-state index contributed by atoms with van der Waals surface area (Å²) in [6.45, 7) is 4.82. The molecule has 0 aliphatic rings. The van der Waals surface area contributed by atoms with Gasteiger partial charge in [0.05, 0.1) is 12.3 Å². The Morgan fingerprint density at radius 1 is 1.23 bits per heavy atom. The molecule has 0 unspecified atom stereocenters. The second-order valence-electron chi connectivity index (χ2n) is 3.00. The van der Waals surface area contributed by atoms with Crippen molar-refractivity contribution < 1.29 is 4.74 Å². The zero-order valence-electron chi connectivity index (χ0n) is 8.29. The summed E-state index contributed by atoms with van der Waals surface area (Å²) >= 11 is 0. The van der Waals surface area contributed by atoms with Gasteiger partial charge in [0.25, 0.3) is 0 Å². The number of hydrogen-bond donors (Lipinski definition) is 0. The maximum atomic E-state index is 5.47. The average Bonchev–Trinajstić information content (AvgIpc) is 2.15. The number of aryl methyl sites for hydroxylation is 1. The second-order valence-corrected chi connectivity index (χ2v) is 3.00. The van der Waals surface area contributed by atoms with Gasteiger partial charge in [0.2, 0.25) is 5.88 Å². The quantitative estimate of drug-likeness (QED) is 0.652. The van der Waals surface area contributed by atoms with E-state index in [-0.39, 0.29) is 0 Å². The summed E-state index contributed by atoms with van der Waals surface area (Å²) in [6, 6.07) is 0. The van der Waals surface area contributed by atoms with Crippen LogP contribution in [0.2, 0.25) is 0 Å². The third-order valence-corrected chi connectivity index (χ3v) is 1.82. The largest absolute Gasteiger partial charge is 0.476 e. The third kappa shape index (κ3) is 3.40. The van der Waals surface area contributed by atoms with Gasteiger partial charge in [-0.15, -0.1) is 0 Å². The first-order valence-electron chi connectivity index (χ1n) is 4.75. The Bertz CT molecular complexity index is 250. The van der Waals surface area contributed by atoms with E-state index >= 15 is 0 Å². The van der Waals surface area contributed by atoms with Gasteiger partial charge >= 0.3 is 0 Å². The fraction of sp³-hybridized carbons (Fsp3) is 0.600. The van der Waals surface area contributed by atoms with E-state index in [1.165, 1.54) is 12.8 Å². The molecule has 1 aromatic heterocycles. The zero-order chi connectivity index (χ0) is 9.52. The Morgan fingerprint density at radius 3 is 2.69 bits per heavy atom. The van der Waals surface area contributed by atoms with Gasteiger partial charge in [-0.2, -0.15) is 0 Å². The van der Waals surface area contributed by atoms with Crippen LogP contribution >= 0.6 is 0 Å². The maximum absolute atomic E-state index is 5.47. The van der Waals surface area contributed by atoms with Crippen molar-refractivity contribution in [2.45, 2.75) is 33.1 Å². The summed E-state index contributed by atoms with van der Waals surface area (Å²) < 4.78 is 5.47. The van der Waals surface area contributed by atoms with Crippen molar-refractivity contribution in [2.24, 2.45) is 0 Å². The van der Waals surface area contributed by atoms with Crippen LogP contribution in [0.25, 0.3) is 0 Å². The number of unbranched alkanes of at least 4 members (excludes halogenated alkanes) is 2. The van der Waals surface area contributed by atoms with E-state index < -0.39 is 0 Å². The molecule has 0 aliphatic heterocycles. The van der Waals surface area contributed by atoms with Gasteiger partial charge in [-0.05, 0) is 13.3 Å². The molecule has 0 saturated carbocycles. The third-order valence-electron chi connectivity index (χ3n) is 1.82. The molecule has 0 fully saturated rings. The molecule has 3 nitrogen and oxygen atoms in total. The minimum absolute atomic E-state index is 0.665. The van der Waals surface area contributed by atoms with Crippen LogP contribution in [0.4, 0.5) is 0 Å². The Balaban J connectivity index is 2.32. The molecule has 13 heavy (non-hydrogen) atoms. The van der Waals surface area contributed by atoms with Gasteiger partial charge in [-0.25, -0.2) is 4.98 Å². The molecule has 0 spiro atoms. The molecular formula is C10H16N2O. The Labute approximate surface area is 79.2 Å². The van der Waals surface area contributed by atoms with Gasteiger partial charge in [0, 0.05) is 12.4 Å². The Hall–Kier alpha value is -1.12. The standard InChI is InChI=1S/C10H16N2O/c1-3-4-5-8-13-10-9(2)11-6-7-12-10/h6-7H,3-5,8H2,1-2H3. The van der Waals surface area contributed by atoms with E-state index in [0.717, 1.165) is 18.7 Å². The highest BCUT2D eigenvalue weighted by atomic mass is 16.5. The molecule has 0 aromatic carbocycles. The Morgan fingerprint density at radius 2 is 2.00 bits per heavy atom. The molecule has 1 rings (SSSR count). The van der Waals surface area contributed by atoms with Gasteiger partial charge in [0.1, 0.15) is 0 Å². The SMILES string of the molecule is CCCCCOc1nccnc1C. The molecule has 0 aliphatic carbocycles. The lowest BCUT2D eigenvalue weighted by Crippen LogP contribution is -2.01. The summed E-state index contributed by atoms with van der Waals surface area (Å²) in [6.07, 6.45) is 6.84. The fourth-order valence-electron chi connectivity index (χ4n) is 1.06. The molecular weight excluding hydrogens is 164 g/mol. The molecule has 0 bridgehead atoms. The lowest BCUT2D eigenvalue weighted by atomic mass is 10.3. The molecule has 0 atom stereocenters. The number of aromatic nitrogens is 2. The van der Waals surface area contributed by atoms with Crippen molar-refractivity contribution in [2.75, 3.05) is 6.61 Å². The normalized spacial score (nSPS) is 10.0. The minimum atomic E-state index is 0.665. The molecule has 0 amide bonds. The van der Waals surface area contributed by atoms with Crippen LogP contribution in [-0.4, -0.2) is 16.6 Å². The predicted octanol–water partition coefficient (Wildman–Crippen LogP) is 2.35. The van der Waals surface area contributed by atoms with Gasteiger partial charge in [0.15, 0.2) is 0 Å². The Kier molecular flexibility index (Phi) is 4.23. The lowest BCUT2D eigenvalue weighted by Gasteiger charge is -2.05. The van der Waals surface area contributed by atoms with Crippen molar-refractivity contribution in [1.82, 2.24) is 9.97 Å². The molecule has 1 heterocycles. The van der Waals surface area contributed by atoms with Crippen molar-refractivity contribution in [3.05, 3.63) is 18.1 Å². The first kappa shape index (κ1) is 9.96. The van der Waals surface area contributed by atoms with Crippen LogP contribution in [-0.2, 0) is 0 Å². The minimum Gasteiger partial charge on any atom is -0.476 e. The van der Waals surface area contributed by atoms with E-state index in [0.29, 0.717) is 5.88 Å². The fourth-order valence-corrected chi connectivity index (χ4v) is 1.06. The number of ether oxygens (including phenoxy) is 1. The number of rotatable bonds is 5. The van der Waals surface area contributed by atoms with Crippen molar-refractivity contribution in [3.63, 3.8) is 0 Å². The summed E-state index contributed by atoms with van der Waals surface area (Å²) in [5, 5.41) is 0. The summed E-state index contributed by atoms with van der Waals surface area (Å²) in [7, 11) is 0. The molecule has 72 valence electrons. The van der Waals surface area contributed by atoms with Crippen LogP contribution in [0, 0.1) is 6.92 Å². The van der Waals surface area contributed by atoms with E-state index in [1.54, 1.807) is 12.4 Å². The highest BCUT2D eigenvalue weighted by Gasteiger charge is 1.99. The predicted molar refractivity (Wildman–Crippen MR) is 51.8 cm³/mol.